The van der Waals surface area contributed by atoms with E-state index >= 15 is 0 Å². The van der Waals surface area contributed by atoms with Gasteiger partial charge in [0.2, 0.25) is 0 Å². The van der Waals surface area contributed by atoms with Gasteiger partial charge in [0, 0.05) is 13.1 Å². The lowest BCUT2D eigenvalue weighted by Crippen LogP contribution is -2.62. The zero-order valence-electron chi connectivity index (χ0n) is 19.9. The highest BCUT2D eigenvalue weighted by molar-refractivity contribution is 5.37. The average molecular weight is 494 g/mol. The summed E-state index contributed by atoms with van der Waals surface area (Å²) in [5.41, 5.74) is 2.78. The molecule has 0 bridgehead atoms. The van der Waals surface area contributed by atoms with Crippen LogP contribution in [-0.4, -0.2) is 47.2 Å². The third kappa shape index (κ3) is 4.71. The van der Waals surface area contributed by atoms with Crippen LogP contribution >= 0.6 is 0 Å². The molecular weight excluding hydrogens is 464 g/mol. The van der Waals surface area contributed by atoms with Crippen molar-refractivity contribution in [2.24, 2.45) is 0 Å². The highest BCUT2D eigenvalue weighted by Gasteiger charge is 2.45. The summed E-state index contributed by atoms with van der Waals surface area (Å²) in [4.78, 5) is 2.02. The summed E-state index contributed by atoms with van der Waals surface area (Å²) < 4.78 is 46.4. The second-order valence-corrected chi connectivity index (χ2v) is 9.86. The number of rotatable bonds is 4. The van der Waals surface area contributed by atoms with Crippen molar-refractivity contribution in [2.75, 3.05) is 6.54 Å². The van der Waals surface area contributed by atoms with Crippen molar-refractivity contribution in [3.05, 3.63) is 95.1 Å². The lowest BCUT2D eigenvalue weighted by molar-refractivity contribution is -0.234. The van der Waals surface area contributed by atoms with Crippen molar-refractivity contribution in [1.82, 2.24) is 4.90 Å². The van der Waals surface area contributed by atoms with Crippen LogP contribution in [0.25, 0.3) is 0 Å². The molecule has 6 rings (SSSR count). The maximum atomic E-state index is 13.7. The molecule has 0 amide bonds. The van der Waals surface area contributed by atoms with E-state index in [1.54, 1.807) is 12.1 Å². The molecule has 3 heterocycles. The van der Waals surface area contributed by atoms with E-state index in [2.05, 4.69) is 0 Å². The summed E-state index contributed by atoms with van der Waals surface area (Å²) in [7, 11) is 0. The van der Waals surface area contributed by atoms with Crippen LogP contribution in [0.4, 0.5) is 8.78 Å². The molecule has 7 heteroatoms. The van der Waals surface area contributed by atoms with E-state index in [-0.39, 0.29) is 29.9 Å². The summed E-state index contributed by atoms with van der Waals surface area (Å²) in [5.74, 6) is 0.758. The highest BCUT2D eigenvalue weighted by Crippen LogP contribution is 2.36. The van der Waals surface area contributed by atoms with Gasteiger partial charge < -0.3 is 19.3 Å². The zero-order valence-corrected chi connectivity index (χ0v) is 19.9. The Balaban J connectivity index is 1.25. The van der Waals surface area contributed by atoms with Crippen LogP contribution in [0.2, 0.25) is 0 Å². The topological polar surface area (TPSA) is 51.2 Å². The molecule has 0 saturated carbocycles. The maximum absolute atomic E-state index is 13.7. The van der Waals surface area contributed by atoms with E-state index in [1.165, 1.54) is 24.3 Å². The summed E-state index contributed by atoms with van der Waals surface area (Å²) >= 11 is 0. The first-order chi connectivity index (χ1) is 17.5. The number of benzene rings is 3. The van der Waals surface area contributed by atoms with Crippen molar-refractivity contribution in [1.29, 1.82) is 0 Å². The quantitative estimate of drug-likeness (QED) is 0.574. The Bertz CT molecular complexity index is 1220. The van der Waals surface area contributed by atoms with Crippen LogP contribution in [0.1, 0.15) is 29.5 Å². The van der Waals surface area contributed by atoms with Gasteiger partial charge in [-0.05, 0) is 78.8 Å². The van der Waals surface area contributed by atoms with Gasteiger partial charge in [-0.25, -0.2) is 8.78 Å². The third-order valence-electron chi connectivity index (χ3n) is 7.42. The molecule has 0 spiro atoms. The number of aliphatic hydroxyl groups is 1. The smallest absolute Gasteiger partial charge is 0.137 e. The summed E-state index contributed by atoms with van der Waals surface area (Å²) in [6.45, 7) is 1.05. The molecule has 3 aromatic rings. The normalized spacial score (nSPS) is 27.9. The van der Waals surface area contributed by atoms with Crippen LogP contribution < -0.4 is 9.47 Å². The van der Waals surface area contributed by atoms with Crippen molar-refractivity contribution < 1.29 is 28.1 Å². The van der Waals surface area contributed by atoms with Crippen LogP contribution in [0.3, 0.4) is 0 Å². The van der Waals surface area contributed by atoms with Crippen molar-refractivity contribution >= 4 is 0 Å². The van der Waals surface area contributed by atoms with Gasteiger partial charge in [0.1, 0.15) is 53.8 Å². The number of halogens is 2. The Morgan fingerprint density at radius 2 is 1.39 bits per heavy atom. The maximum Gasteiger partial charge on any atom is 0.137 e. The molecule has 1 N–H and O–H groups in total. The zero-order chi connectivity index (χ0) is 24.6. The average Bonchev–Trinajstić information content (AvgIpc) is 2.90. The number of morpholine rings is 1. The van der Waals surface area contributed by atoms with E-state index in [0.29, 0.717) is 50.3 Å². The number of aliphatic hydroxyl groups excluding tert-OH is 1. The fourth-order valence-electron chi connectivity index (χ4n) is 5.57. The minimum atomic E-state index is -0.876. The van der Waals surface area contributed by atoms with Crippen LogP contribution in [0.15, 0.2) is 66.7 Å². The molecule has 0 aliphatic carbocycles. The fraction of sp³-hybridized carbons (Fsp3) is 0.379. The Morgan fingerprint density at radius 3 is 2.06 bits per heavy atom. The molecule has 3 aliphatic rings. The van der Waals surface area contributed by atoms with Crippen molar-refractivity contribution in [3.63, 3.8) is 0 Å². The number of hydrogen-bond donors (Lipinski definition) is 1. The number of hydrogen-bond acceptors (Lipinski definition) is 5. The van der Waals surface area contributed by atoms with Crippen molar-refractivity contribution in [2.45, 2.75) is 62.9 Å². The predicted octanol–water partition coefficient (Wildman–Crippen LogP) is 4.64. The monoisotopic (exact) mass is 493 g/mol. The van der Waals surface area contributed by atoms with E-state index in [0.717, 1.165) is 16.7 Å². The first-order valence-corrected chi connectivity index (χ1v) is 12.6. The lowest BCUT2D eigenvalue weighted by atomic mass is 9.94. The molecule has 1 fully saturated rings. The van der Waals surface area contributed by atoms with Gasteiger partial charge in [-0.2, -0.15) is 0 Å². The summed E-state index contributed by atoms with van der Waals surface area (Å²) in [5, 5.41) is 11.4. The summed E-state index contributed by atoms with van der Waals surface area (Å²) in [6.07, 6.45) is 0.231. The molecule has 0 aromatic heterocycles. The Kier molecular flexibility index (Phi) is 6.37. The van der Waals surface area contributed by atoms with Gasteiger partial charge >= 0.3 is 0 Å². The summed E-state index contributed by atoms with van der Waals surface area (Å²) in [6, 6.07) is 19.2. The van der Waals surface area contributed by atoms with Gasteiger partial charge in [0.15, 0.2) is 0 Å². The Hall–Kier alpha value is -3.00. The minimum absolute atomic E-state index is 0.235. The first kappa shape index (κ1) is 23.4. The molecule has 3 aromatic carbocycles. The molecule has 5 atom stereocenters. The van der Waals surface area contributed by atoms with Crippen LogP contribution in [-0.2, 0) is 24.1 Å². The lowest BCUT2D eigenvalue weighted by Gasteiger charge is -2.47. The van der Waals surface area contributed by atoms with Gasteiger partial charge in [0.25, 0.3) is 0 Å². The molecule has 3 aliphatic heterocycles. The van der Waals surface area contributed by atoms with E-state index in [4.69, 9.17) is 14.2 Å². The van der Waals surface area contributed by atoms with Crippen LogP contribution in [0, 0.1) is 11.6 Å². The standard InChI is InChI=1S/C29H29F2NO4/c30-21-8-12-23-19(14-21)6-10-25(34-23)27-17-32(16-18-4-2-1-3-5-18)29(33)28(36-27)26-11-7-20-15-22(31)9-13-24(20)35-26/h1-5,8-9,12-15,25-29,33H,6-7,10-11,16-17H2/t25-,26-,27+,28-,29?/m1/s1. The van der Waals surface area contributed by atoms with Gasteiger partial charge in [-0.1, -0.05) is 30.3 Å². The Labute approximate surface area is 209 Å². The van der Waals surface area contributed by atoms with E-state index in [9.17, 15) is 13.9 Å². The molecule has 1 saturated heterocycles. The molecule has 0 radical (unpaired) electrons. The van der Waals surface area contributed by atoms with Gasteiger partial charge in [-0.15, -0.1) is 0 Å². The van der Waals surface area contributed by atoms with Gasteiger partial charge in [0.05, 0.1) is 0 Å². The molecular formula is C29H29F2NO4. The molecule has 188 valence electrons. The van der Waals surface area contributed by atoms with Gasteiger partial charge in [-0.3, -0.25) is 4.90 Å². The highest BCUT2D eigenvalue weighted by atomic mass is 19.1. The van der Waals surface area contributed by atoms with E-state index in [1.807, 2.05) is 35.2 Å². The molecule has 5 nitrogen and oxygen atoms in total. The minimum Gasteiger partial charge on any atom is -0.487 e. The fourth-order valence-corrected chi connectivity index (χ4v) is 5.57. The molecule has 1 unspecified atom stereocenters. The SMILES string of the molecule is OC1[C@@H]([C@H]2CCc3cc(F)ccc3O2)O[C@H]([C@H]2CCc3cc(F)ccc3O2)CN1Cc1ccccc1. The largest absolute Gasteiger partial charge is 0.487 e. The van der Waals surface area contributed by atoms with Crippen LogP contribution in [0.5, 0.6) is 11.5 Å². The number of nitrogens with zero attached hydrogens (tertiary/aromatic N) is 1. The predicted molar refractivity (Wildman–Crippen MR) is 130 cm³/mol. The molecule has 36 heavy (non-hydrogen) atoms. The van der Waals surface area contributed by atoms with Crippen molar-refractivity contribution in [3.8, 4) is 11.5 Å². The second kappa shape index (κ2) is 9.81. The Morgan fingerprint density at radius 1 is 0.778 bits per heavy atom. The third-order valence-corrected chi connectivity index (χ3v) is 7.42. The van der Waals surface area contributed by atoms with E-state index < -0.39 is 12.3 Å². The first-order valence-electron chi connectivity index (χ1n) is 12.6. The second-order valence-electron chi connectivity index (χ2n) is 9.86. The number of aryl methyl sites for hydroxylation is 2. The number of ether oxygens (including phenoxy) is 3. The number of fused-ring (bicyclic) bond motifs is 2.